The number of nitrogens with zero attached hydrogens (tertiary/aromatic N) is 4. The van der Waals surface area contributed by atoms with E-state index in [1.165, 1.54) is 37.8 Å². The number of rotatable bonds is 6. The Labute approximate surface area is 155 Å². The van der Waals surface area contributed by atoms with Crippen molar-refractivity contribution >= 4 is 11.8 Å². The van der Waals surface area contributed by atoms with E-state index in [4.69, 9.17) is 4.74 Å². The maximum absolute atomic E-state index is 13.3. The lowest BCUT2D eigenvalue weighted by Crippen LogP contribution is -2.08. The van der Waals surface area contributed by atoms with Crippen LogP contribution in [0.1, 0.15) is 31.5 Å². The minimum atomic E-state index is -0.325. The van der Waals surface area contributed by atoms with Gasteiger partial charge in [-0.15, -0.1) is 10.2 Å². The normalized spacial score (nSPS) is 14.7. The second-order valence-corrected chi connectivity index (χ2v) is 7.48. The van der Waals surface area contributed by atoms with Crippen molar-refractivity contribution in [1.82, 2.24) is 19.7 Å². The zero-order chi connectivity index (χ0) is 17.8. The summed E-state index contributed by atoms with van der Waals surface area (Å²) in [4.78, 5) is 4.21. The number of pyridine rings is 1. The first-order valence-corrected chi connectivity index (χ1v) is 9.57. The first-order valence-electron chi connectivity index (χ1n) is 8.69. The molecule has 0 radical (unpaired) electrons. The number of thioether (sulfide) groups is 1. The van der Waals surface area contributed by atoms with Crippen LogP contribution in [0.3, 0.4) is 0 Å². The van der Waals surface area contributed by atoms with Gasteiger partial charge in [-0.3, -0.25) is 9.55 Å². The SMILES string of the molecule is Fc1cccc(OCc2nnc(SC3CCCC3)n2-c2cccnc2)c1. The maximum atomic E-state index is 13.3. The van der Waals surface area contributed by atoms with E-state index in [9.17, 15) is 4.39 Å². The molecular formula is C19H19FN4OS. The molecule has 0 saturated heterocycles. The van der Waals surface area contributed by atoms with Gasteiger partial charge in [0, 0.05) is 17.5 Å². The summed E-state index contributed by atoms with van der Waals surface area (Å²) in [5.41, 5.74) is 0.899. The van der Waals surface area contributed by atoms with Gasteiger partial charge >= 0.3 is 0 Å². The van der Waals surface area contributed by atoms with Gasteiger partial charge in [0.05, 0.1) is 11.9 Å². The van der Waals surface area contributed by atoms with Gasteiger partial charge in [-0.1, -0.05) is 30.7 Å². The molecule has 2 heterocycles. The highest BCUT2D eigenvalue weighted by molar-refractivity contribution is 7.99. The maximum Gasteiger partial charge on any atom is 0.196 e. The molecule has 1 saturated carbocycles. The van der Waals surface area contributed by atoms with Gasteiger partial charge in [-0.05, 0) is 37.1 Å². The molecule has 1 aromatic carbocycles. The summed E-state index contributed by atoms with van der Waals surface area (Å²) in [6.45, 7) is 0.205. The van der Waals surface area contributed by atoms with Crippen LogP contribution in [0, 0.1) is 5.82 Å². The first kappa shape index (κ1) is 17.0. The van der Waals surface area contributed by atoms with Crippen LogP contribution in [-0.4, -0.2) is 25.0 Å². The third-order valence-corrected chi connectivity index (χ3v) is 5.62. The van der Waals surface area contributed by atoms with E-state index in [0.29, 0.717) is 16.8 Å². The van der Waals surface area contributed by atoms with Crippen molar-refractivity contribution in [1.29, 1.82) is 0 Å². The van der Waals surface area contributed by atoms with E-state index in [2.05, 4.69) is 15.2 Å². The summed E-state index contributed by atoms with van der Waals surface area (Å²) >= 11 is 1.76. The second kappa shape index (κ2) is 7.86. The van der Waals surface area contributed by atoms with Crippen LogP contribution in [0.25, 0.3) is 5.69 Å². The monoisotopic (exact) mass is 370 g/mol. The average molecular weight is 370 g/mol. The van der Waals surface area contributed by atoms with Crippen molar-refractivity contribution in [2.75, 3.05) is 0 Å². The molecule has 1 fully saturated rings. The minimum absolute atomic E-state index is 0.205. The standard InChI is InChI=1S/C19H19FN4OS/c20-14-5-3-7-16(11-14)25-13-18-22-23-19(26-17-8-1-2-9-17)24(18)15-6-4-10-21-12-15/h3-7,10-12,17H,1-2,8-9,13H2. The van der Waals surface area contributed by atoms with Crippen molar-refractivity contribution in [3.05, 3.63) is 60.4 Å². The highest BCUT2D eigenvalue weighted by atomic mass is 32.2. The van der Waals surface area contributed by atoms with Crippen molar-refractivity contribution in [3.8, 4) is 11.4 Å². The molecule has 0 amide bonds. The summed E-state index contributed by atoms with van der Waals surface area (Å²) < 4.78 is 21.1. The van der Waals surface area contributed by atoms with E-state index in [-0.39, 0.29) is 12.4 Å². The molecule has 0 N–H and O–H groups in total. The van der Waals surface area contributed by atoms with Gasteiger partial charge in [0.25, 0.3) is 0 Å². The van der Waals surface area contributed by atoms with Crippen LogP contribution in [-0.2, 0) is 6.61 Å². The summed E-state index contributed by atoms with van der Waals surface area (Å²) in [6.07, 6.45) is 8.48. The fourth-order valence-electron chi connectivity index (χ4n) is 3.08. The van der Waals surface area contributed by atoms with Crippen LogP contribution in [0.15, 0.2) is 53.9 Å². The molecular weight excluding hydrogens is 351 g/mol. The number of halogens is 1. The molecule has 1 aliphatic rings. The zero-order valence-electron chi connectivity index (χ0n) is 14.2. The third-order valence-electron chi connectivity index (χ3n) is 4.34. The van der Waals surface area contributed by atoms with Crippen molar-refractivity contribution in [3.63, 3.8) is 0 Å². The van der Waals surface area contributed by atoms with E-state index in [1.54, 1.807) is 36.3 Å². The van der Waals surface area contributed by atoms with E-state index in [1.807, 2.05) is 16.7 Å². The lowest BCUT2D eigenvalue weighted by molar-refractivity contribution is 0.291. The minimum Gasteiger partial charge on any atom is -0.485 e. The van der Waals surface area contributed by atoms with Crippen molar-refractivity contribution in [2.24, 2.45) is 0 Å². The fourth-order valence-corrected chi connectivity index (χ4v) is 4.35. The third kappa shape index (κ3) is 3.88. The Morgan fingerprint density at radius 1 is 1.15 bits per heavy atom. The molecule has 134 valence electrons. The van der Waals surface area contributed by atoms with E-state index in [0.717, 1.165) is 10.8 Å². The average Bonchev–Trinajstić information content (AvgIpc) is 3.31. The number of benzene rings is 1. The Morgan fingerprint density at radius 2 is 2.04 bits per heavy atom. The fraction of sp³-hybridized carbons (Fsp3) is 0.316. The van der Waals surface area contributed by atoms with Crippen molar-refractivity contribution < 1.29 is 9.13 Å². The quantitative estimate of drug-likeness (QED) is 0.643. The van der Waals surface area contributed by atoms with E-state index < -0.39 is 0 Å². The second-order valence-electron chi connectivity index (χ2n) is 6.22. The summed E-state index contributed by atoms with van der Waals surface area (Å²) in [7, 11) is 0. The molecule has 2 aromatic heterocycles. The Hall–Kier alpha value is -2.41. The van der Waals surface area contributed by atoms with Crippen LogP contribution < -0.4 is 4.74 Å². The smallest absolute Gasteiger partial charge is 0.196 e. The largest absolute Gasteiger partial charge is 0.485 e. The lowest BCUT2D eigenvalue weighted by atomic mass is 10.3. The molecule has 5 nitrogen and oxygen atoms in total. The summed E-state index contributed by atoms with van der Waals surface area (Å²) in [5.74, 6) is 0.812. The van der Waals surface area contributed by atoms with Gasteiger partial charge < -0.3 is 4.74 Å². The van der Waals surface area contributed by atoms with Gasteiger partial charge in [-0.25, -0.2) is 4.39 Å². The van der Waals surface area contributed by atoms with Crippen LogP contribution in [0.2, 0.25) is 0 Å². The number of aromatic nitrogens is 4. The predicted octanol–water partition coefficient (Wildman–Crippen LogP) is 4.42. The zero-order valence-corrected chi connectivity index (χ0v) is 15.0. The van der Waals surface area contributed by atoms with Crippen LogP contribution in [0.5, 0.6) is 5.75 Å². The van der Waals surface area contributed by atoms with Gasteiger partial charge in [0.1, 0.15) is 18.2 Å². The Kier molecular flexibility index (Phi) is 5.15. The van der Waals surface area contributed by atoms with Gasteiger partial charge in [-0.2, -0.15) is 0 Å². The predicted molar refractivity (Wildman–Crippen MR) is 98.0 cm³/mol. The summed E-state index contributed by atoms with van der Waals surface area (Å²) in [5, 5.41) is 10.1. The molecule has 0 unspecified atom stereocenters. The number of hydrogen-bond donors (Lipinski definition) is 0. The number of ether oxygens (including phenoxy) is 1. The Bertz CT molecular complexity index is 865. The first-order chi connectivity index (χ1) is 12.8. The van der Waals surface area contributed by atoms with E-state index >= 15 is 0 Å². The molecule has 3 aromatic rings. The van der Waals surface area contributed by atoms with Crippen LogP contribution in [0.4, 0.5) is 4.39 Å². The lowest BCUT2D eigenvalue weighted by Gasteiger charge is -2.12. The number of hydrogen-bond acceptors (Lipinski definition) is 5. The summed E-state index contributed by atoms with van der Waals surface area (Å²) in [6, 6.07) is 9.96. The molecule has 1 aliphatic carbocycles. The molecule has 0 bridgehead atoms. The molecule has 7 heteroatoms. The Morgan fingerprint density at radius 3 is 2.81 bits per heavy atom. The molecule has 26 heavy (non-hydrogen) atoms. The Balaban J connectivity index is 1.60. The topological polar surface area (TPSA) is 52.8 Å². The van der Waals surface area contributed by atoms with Crippen LogP contribution >= 0.6 is 11.8 Å². The molecule has 0 aliphatic heterocycles. The molecule has 0 spiro atoms. The van der Waals surface area contributed by atoms with Crippen molar-refractivity contribution in [2.45, 2.75) is 42.7 Å². The van der Waals surface area contributed by atoms with Gasteiger partial charge in [0.2, 0.25) is 0 Å². The highest BCUT2D eigenvalue weighted by Crippen LogP contribution is 2.35. The molecule has 4 rings (SSSR count). The van der Waals surface area contributed by atoms with Gasteiger partial charge in [0.15, 0.2) is 11.0 Å². The molecule has 0 atom stereocenters. The highest BCUT2D eigenvalue weighted by Gasteiger charge is 2.22.